The van der Waals surface area contributed by atoms with E-state index in [-0.39, 0.29) is 6.17 Å². The number of aryl methyl sites for hydroxylation is 1. The molecule has 0 amide bonds. The lowest BCUT2D eigenvalue weighted by atomic mass is 10.0. The van der Waals surface area contributed by atoms with Gasteiger partial charge in [0.25, 0.3) is 0 Å². The molecule has 1 aliphatic rings. The van der Waals surface area contributed by atoms with Crippen molar-refractivity contribution >= 4 is 22.7 Å². The molecule has 0 aromatic heterocycles. The molecule has 0 spiro atoms. The molecule has 0 N–H and O–H groups in total. The first kappa shape index (κ1) is 17.6. The lowest BCUT2D eigenvalue weighted by Gasteiger charge is -2.29. The van der Waals surface area contributed by atoms with E-state index in [2.05, 4.69) is 64.9 Å². The maximum absolute atomic E-state index is 9.60. The van der Waals surface area contributed by atoms with Gasteiger partial charge >= 0.3 is 0 Å². The zero-order valence-electron chi connectivity index (χ0n) is 16.1. The van der Waals surface area contributed by atoms with Gasteiger partial charge < -0.3 is 9.80 Å². The van der Waals surface area contributed by atoms with E-state index in [0.29, 0.717) is 11.3 Å². The number of hydrogen-bond donors (Lipinski definition) is 0. The lowest BCUT2D eigenvalue weighted by molar-refractivity contribution is 0.732. The van der Waals surface area contributed by atoms with E-state index in [1.165, 1.54) is 11.1 Å². The summed E-state index contributed by atoms with van der Waals surface area (Å²) in [5, 5.41) is 9.60. The van der Waals surface area contributed by atoms with Gasteiger partial charge in [0.15, 0.2) is 5.69 Å². The third-order valence-corrected chi connectivity index (χ3v) is 5.43. The Morgan fingerprint density at radius 3 is 2.39 bits per heavy atom. The van der Waals surface area contributed by atoms with Crippen LogP contribution in [0.1, 0.15) is 18.1 Å². The van der Waals surface area contributed by atoms with Gasteiger partial charge in [0, 0.05) is 12.7 Å². The summed E-state index contributed by atoms with van der Waals surface area (Å²) in [6.07, 6.45) is 0.0457. The topological polar surface area (TPSA) is 34.6 Å². The summed E-state index contributed by atoms with van der Waals surface area (Å²) >= 11 is 0. The van der Waals surface area contributed by atoms with E-state index in [1.54, 1.807) is 6.07 Å². The van der Waals surface area contributed by atoms with Crippen molar-refractivity contribution in [1.82, 2.24) is 0 Å². The van der Waals surface area contributed by atoms with Crippen LogP contribution < -0.4 is 9.80 Å². The van der Waals surface area contributed by atoms with Gasteiger partial charge in [-0.1, -0.05) is 36.4 Å². The van der Waals surface area contributed by atoms with Crippen LogP contribution in [0.2, 0.25) is 0 Å². The number of nitriles is 1. The first-order valence-electron chi connectivity index (χ1n) is 9.19. The zero-order chi connectivity index (χ0) is 19.8. The quantitative estimate of drug-likeness (QED) is 0.522. The van der Waals surface area contributed by atoms with Gasteiger partial charge in [0.1, 0.15) is 12.2 Å². The average molecular weight is 364 g/mol. The van der Waals surface area contributed by atoms with E-state index in [1.807, 2.05) is 31.3 Å². The molecular formula is C24H20N4. The standard InChI is InChI=1S/C24H20N4/c1-16-12-19(18-8-6-5-7-9-18)10-11-22(16)28-17(2)27(4)24-20(15-25)13-21(26-3)14-23(24)28/h5-14,17H,1-2,4H3/t17-/m0/s1. The maximum atomic E-state index is 9.60. The molecule has 0 saturated carbocycles. The van der Waals surface area contributed by atoms with E-state index < -0.39 is 0 Å². The van der Waals surface area contributed by atoms with Crippen LogP contribution in [-0.2, 0) is 0 Å². The number of rotatable bonds is 2. The molecule has 0 unspecified atom stereocenters. The highest BCUT2D eigenvalue weighted by Crippen LogP contribution is 2.48. The SMILES string of the molecule is [C-]#[N+]c1cc(C#N)c2c(c1)N(c1ccc(-c3ccccc3)cc1C)[C@@H](C)N2C. The maximum Gasteiger partial charge on any atom is 0.190 e. The summed E-state index contributed by atoms with van der Waals surface area (Å²) in [6.45, 7) is 11.6. The fourth-order valence-electron chi connectivity index (χ4n) is 3.94. The number of nitrogens with zero attached hydrogens (tertiary/aromatic N) is 4. The molecule has 0 radical (unpaired) electrons. The Kier molecular flexibility index (Phi) is 4.26. The van der Waals surface area contributed by atoms with Gasteiger partial charge in [-0.25, -0.2) is 4.85 Å². The molecule has 28 heavy (non-hydrogen) atoms. The van der Waals surface area contributed by atoms with Crippen molar-refractivity contribution in [2.24, 2.45) is 0 Å². The number of benzene rings is 3. The summed E-state index contributed by atoms with van der Waals surface area (Å²) in [5.41, 5.74) is 7.43. The van der Waals surface area contributed by atoms with Crippen molar-refractivity contribution in [3.63, 3.8) is 0 Å². The second kappa shape index (κ2) is 6.76. The van der Waals surface area contributed by atoms with Crippen LogP contribution in [0.25, 0.3) is 16.0 Å². The monoisotopic (exact) mass is 364 g/mol. The molecule has 1 heterocycles. The molecule has 3 aromatic rings. The van der Waals surface area contributed by atoms with Crippen LogP contribution in [0.5, 0.6) is 0 Å². The molecule has 4 nitrogen and oxygen atoms in total. The zero-order valence-corrected chi connectivity index (χ0v) is 16.1. The van der Waals surface area contributed by atoms with Crippen LogP contribution in [0.15, 0.2) is 60.7 Å². The van der Waals surface area contributed by atoms with Crippen molar-refractivity contribution in [3.8, 4) is 17.2 Å². The predicted octanol–water partition coefficient (Wildman–Crippen LogP) is 6.02. The summed E-state index contributed by atoms with van der Waals surface area (Å²) < 4.78 is 0. The van der Waals surface area contributed by atoms with Crippen molar-refractivity contribution < 1.29 is 0 Å². The minimum absolute atomic E-state index is 0.0457. The van der Waals surface area contributed by atoms with Crippen LogP contribution in [0.3, 0.4) is 0 Å². The Balaban J connectivity index is 1.86. The third-order valence-electron chi connectivity index (χ3n) is 5.43. The summed E-state index contributed by atoms with van der Waals surface area (Å²) in [7, 11) is 2.00. The van der Waals surface area contributed by atoms with E-state index in [4.69, 9.17) is 6.57 Å². The number of hydrogen-bond acceptors (Lipinski definition) is 3. The third kappa shape index (κ3) is 2.68. The summed E-state index contributed by atoms with van der Waals surface area (Å²) in [5.74, 6) is 0. The molecule has 136 valence electrons. The first-order valence-corrected chi connectivity index (χ1v) is 9.19. The highest BCUT2D eigenvalue weighted by molar-refractivity contribution is 5.91. The molecule has 4 rings (SSSR count). The van der Waals surface area contributed by atoms with Crippen molar-refractivity contribution in [3.05, 3.63) is 83.2 Å². The number of anilines is 3. The van der Waals surface area contributed by atoms with Crippen LogP contribution in [0.4, 0.5) is 22.7 Å². The summed E-state index contributed by atoms with van der Waals surface area (Å²) in [4.78, 5) is 7.89. The van der Waals surface area contributed by atoms with Crippen molar-refractivity contribution in [1.29, 1.82) is 5.26 Å². The minimum atomic E-state index is 0.0457. The van der Waals surface area contributed by atoms with Gasteiger partial charge in [0.2, 0.25) is 0 Å². The van der Waals surface area contributed by atoms with E-state index in [0.717, 1.165) is 22.6 Å². The Morgan fingerprint density at radius 2 is 1.75 bits per heavy atom. The summed E-state index contributed by atoms with van der Waals surface area (Å²) in [6, 6.07) is 22.6. The molecule has 0 saturated heterocycles. The van der Waals surface area contributed by atoms with Crippen LogP contribution >= 0.6 is 0 Å². The average Bonchev–Trinajstić information content (AvgIpc) is 2.98. The predicted molar refractivity (Wildman–Crippen MR) is 114 cm³/mol. The molecule has 0 bridgehead atoms. The van der Waals surface area contributed by atoms with Gasteiger partial charge in [-0.05, 0) is 54.8 Å². The fraction of sp³-hybridized carbons (Fsp3) is 0.167. The van der Waals surface area contributed by atoms with Crippen LogP contribution in [0, 0.1) is 24.8 Å². The second-order valence-corrected chi connectivity index (χ2v) is 7.06. The Bertz CT molecular complexity index is 1140. The van der Waals surface area contributed by atoms with Gasteiger partial charge in [0.05, 0.1) is 23.5 Å². The van der Waals surface area contributed by atoms with E-state index in [9.17, 15) is 5.26 Å². The molecule has 3 aromatic carbocycles. The second-order valence-electron chi connectivity index (χ2n) is 7.06. The molecule has 1 atom stereocenters. The molecule has 4 heteroatoms. The minimum Gasteiger partial charge on any atom is -0.352 e. The van der Waals surface area contributed by atoms with Crippen molar-refractivity contribution in [2.75, 3.05) is 16.8 Å². The van der Waals surface area contributed by atoms with E-state index >= 15 is 0 Å². The fourth-order valence-corrected chi connectivity index (χ4v) is 3.94. The largest absolute Gasteiger partial charge is 0.352 e. The van der Waals surface area contributed by atoms with Crippen molar-refractivity contribution in [2.45, 2.75) is 20.0 Å². The Hall–Kier alpha value is -3.76. The lowest BCUT2D eigenvalue weighted by Crippen LogP contribution is -2.36. The number of fused-ring (bicyclic) bond motifs is 1. The molecule has 0 aliphatic carbocycles. The highest BCUT2D eigenvalue weighted by Gasteiger charge is 2.34. The molecular weight excluding hydrogens is 344 g/mol. The highest BCUT2D eigenvalue weighted by atomic mass is 15.4. The molecule has 1 aliphatic heterocycles. The Morgan fingerprint density at radius 1 is 1.00 bits per heavy atom. The normalized spacial score (nSPS) is 15.1. The molecule has 0 fully saturated rings. The van der Waals surface area contributed by atoms with Crippen LogP contribution in [-0.4, -0.2) is 13.2 Å². The smallest absolute Gasteiger partial charge is 0.190 e. The Labute approximate surface area is 165 Å². The van der Waals surface area contributed by atoms with Gasteiger partial charge in [-0.3, -0.25) is 0 Å². The first-order chi connectivity index (χ1) is 13.5. The van der Waals surface area contributed by atoms with Gasteiger partial charge in [-0.2, -0.15) is 5.26 Å². The van der Waals surface area contributed by atoms with Gasteiger partial charge in [-0.15, -0.1) is 0 Å².